The SMILES string of the molecule is C=CCOC(=O)NC(CC)(CC(=O)O)c1cccc(NS(=O)(=O)c2cccc(N)c2)c1. The Hall–Kier alpha value is -3.53. The average molecular weight is 448 g/mol. The fourth-order valence-electron chi connectivity index (χ4n) is 3.04. The van der Waals surface area contributed by atoms with Crippen LogP contribution in [0.15, 0.2) is 66.1 Å². The first-order chi connectivity index (χ1) is 14.6. The van der Waals surface area contributed by atoms with E-state index in [0.29, 0.717) is 11.3 Å². The summed E-state index contributed by atoms with van der Waals surface area (Å²) in [7, 11) is -3.93. The highest BCUT2D eigenvalue weighted by atomic mass is 32.2. The summed E-state index contributed by atoms with van der Waals surface area (Å²) in [5, 5.41) is 12.0. The van der Waals surface area contributed by atoms with Gasteiger partial charge in [0.2, 0.25) is 0 Å². The zero-order valence-electron chi connectivity index (χ0n) is 17.0. The van der Waals surface area contributed by atoms with Gasteiger partial charge in [-0.15, -0.1) is 0 Å². The van der Waals surface area contributed by atoms with Gasteiger partial charge < -0.3 is 20.9 Å². The van der Waals surface area contributed by atoms with E-state index < -0.39 is 34.0 Å². The van der Waals surface area contributed by atoms with Gasteiger partial charge in [0.25, 0.3) is 10.0 Å². The summed E-state index contributed by atoms with van der Waals surface area (Å²) in [4.78, 5) is 23.7. The summed E-state index contributed by atoms with van der Waals surface area (Å²) in [6, 6.07) is 12.0. The van der Waals surface area contributed by atoms with Gasteiger partial charge in [0.1, 0.15) is 6.61 Å². The predicted molar refractivity (Wildman–Crippen MR) is 117 cm³/mol. The third kappa shape index (κ3) is 6.22. The van der Waals surface area contributed by atoms with Crippen molar-refractivity contribution in [3.63, 3.8) is 0 Å². The Morgan fingerprint density at radius 1 is 1.23 bits per heavy atom. The van der Waals surface area contributed by atoms with Gasteiger partial charge in [-0.1, -0.05) is 37.8 Å². The molecule has 0 radical (unpaired) electrons. The molecule has 2 aromatic carbocycles. The van der Waals surface area contributed by atoms with Crippen molar-refractivity contribution >= 4 is 33.5 Å². The summed E-state index contributed by atoms with van der Waals surface area (Å²) in [5.41, 5.74) is 5.25. The van der Waals surface area contributed by atoms with E-state index in [9.17, 15) is 23.1 Å². The second-order valence-electron chi connectivity index (χ2n) is 6.78. The van der Waals surface area contributed by atoms with Crippen LogP contribution in [-0.2, 0) is 25.1 Å². The third-order valence-corrected chi connectivity index (χ3v) is 5.94. The van der Waals surface area contributed by atoms with E-state index in [1.54, 1.807) is 25.1 Å². The molecular formula is C21H25N3O6S. The molecule has 0 aliphatic rings. The van der Waals surface area contributed by atoms with Crippen LogP contribution in [0.3, 0.4) is 0 Å². The minimum atomic E-state index is -3.93. The standard InChI is InChI=1S/C21H25N3O6S/c1-3-11-30-20(27)23-21(4-2,14-19(25)26)15-7-5-9-17(12-15)24-31(28,29)18-10-6-8-16(22)13-18/h3,5-10,12-13,24H,1,4,11,14,22H2,2H3,(H,23,27)(H,25,26). The van der Waals surface area contributed by atoms with Crippen molar-refractivity contribution in [3.8, 4) is 0 Å². The Morgan fingerprint density at radius 3 is 2.55 bits per heavy atom. The number of sulfonamides is 1. The molecule has 1 unspecified atom stereocenters. The second-order valence-corrected chi connectivity index (χ2v) is 8.46. The number of rotatable bonds is 10. The van der Waals surface area contributed by atoms with E-state index in [1.165, 1.54) is 36.4 Å². The van der Waals surface area contributed by atoms with E-state index in [-0.39, 0.29) is 23.6 Å². The number of aliphatic carboxylic acids is 1. The van der Waals surface area contributed by atoms with E-state index in [1.807, 2.05) is 0 Å². The smallest absolute Gasteiger partial charge is 0.408 e. The molecule has 0 aliphatic heterocycles. The lowest BCUT2D eigenvalue weighted by Gasteiger charge is -2.33. The van der Waals surface area contributed by atoms with Gasteiger partial charge in [0.15, 0.2) is 0 Å². The number of nitrogen functional groups attached to an aromatic ring is 1. The molecule has 2 rings (SSSR count). The van der Waals surface area contributed by atoms with Crippen LogP contribution in [0.1, 0.15) is 25.3 Å². The van der Waals surface area contributed by atoms with E-state index in [0.717, 1.165) is 0 Å². The Morgan fingerprint density at radius 2 is 1.94 bits per heavy atom. The van der Waals surface area contributed by atoms with E-state index in [2.05, 4.69) is 16.6 Å². The van der Waals surface area contributed by atoms with Crippen LogP contribution in [0.5, 0.6) is 0 Å². The maximum Gasteiger partial charge on any atom is 0.408 e. The number of amides is 1. The number of nitrogens with one attached hydrogen (secondary N) is 2. The van der Waals surface area contributed by atoms with Crippen LogP contribution < -0.4 is 15.8 Å². The molecule has 1 amide bonds. The fraction of sp³-hybridized carbons (Fsp3) is 0.238. The third-order valence-electron chi connectivity index (χ3n) is 4.57. The van der Waals surface area contributed by atoms with Crippen molar-refractivity contribution < 1.29 is 27.9 Å². The molecule has 0 saturated heterocycles. The maximum absolute atomic E-state index is 12.7. The van der Waals surface area contributed by atoms with Crippen molar-refractivity contribution in [1.29, 1.82) is 0 Å². The number of ether oxygens (including phenoxy) is 1. The molecule has 9 nitrogen and oxygen atoms in total. The number of anilines is 2. The molecule has 0 aliphatic carbocycles. The first-order valence-corrected chi connectivity index (χ1v) is 10.9. The molecule has 2 aromatic rings. The van der Waals surface area contributed by atoms with Crippen molar-refractivity contribution in [2.24, 2.45) is 0 Å². The number of carbonyl (C=O) groups excluding carboxylic acids is 1. The first-order valence-electron chi connectivity index (χ1n) is 9.38. The highest BCUT2D eigenvalue weighted by Gasteiger charge is 2.36. The minimum Gasteiger partial charge on any atom is -0.481 e. The number of carboxylic acids is 1. The van der Waals surface area contributed by atoms with Crippen LogP contribution in [0.4, 0.5) is 16.2 Å². The summed E-state index contributed by atoms with van der Waals surface area (Å²) in [5.74, 6) is -1.14. The van der Waals surface area contributed by atoms with Crippen molar-refractivity contribution in [3.05, 3.63) is 66.7 Å². The number of hydrogen-bond donors (Lipinski definition) is 4. The average Bonchev–Trinajstić information content (AvgIpc) is 2.71. The van der Waals surface area contributed by atoms with Crippen molar-refractivity contribution in [1.82, 2.24) is 5.32 Å². The lowest BCUT2D eigenvalue weighted by molar-refractivity contribution is -0.138. The molecule has 0 spiro atoms. The summed E-state index contributed by atoms with van der Waals surface area (Å²) in [6.45, 7) is 5.13. The molecule has 0 fully saturated rings. The van der Waals surface area contributed by atoms with Crippen LogP contribution in [0, 0.1) is 0 Å². The highest BCUT2D eigenvalue weighted by molar-refractivity contribution is 7.92. The minimum absolute atomic E-state index is 0.0173. The molecule has 0 aromatic heterocycles. The molecule has 1 atom stereocenters. The Balaban J connectivity index is 2.40. The number of alkyl carbamates (subject to hydrolysis) is 1. The van der Waals surface area contributed by atoms with E-state index >= 15 is 0 Å². The van der Waals surface area contributed by atoms with Gasteiger partial charge in [0.05, 0.1) is 16.9 Å². The molecule has 5 N–H and O–H groups in total. The topological polar surface area (TPSA) is 148 Å². The Labute approximate surface area is 181 Å². The predicted octanol–water partition coefficient (Wildman–Crippen LogP) is 3.06. The van der Waals surface area contributed by atoms with Crippen LogP contribution in [0.2, 0.25) is 0 Å². The first kappa shape index (κ1) is 23.7. The van der Waals surface area contributed by atoms with Gasteiger partial charge in [-0.25, -0.2) is 13.2 Å². The van der Waals surface area contributed by atoms with Crippen molar-refractivity contribution in [2.45, 2.75) is 30.2 Å². The molecule has 0 saturated carbocycles. The number of hydrogen-bond acceptors (Lipinski definition) is 6. The summed E-state index contributed by atoms with van der Waals surface area (Å²) < 4.78 is 32.8. The lowest BCUT2D eigenvalue weighted by atomic mass is 9.84. The number of benzene rings is 2. The molecular weight excluding hydrogens is 422 g/mol. The summed E-state index contributed by atoms with van der Waals surface area (Å²) in [6.07, 6.45) is 0.357. The Bertz CT molecular complexity index is 1070. The molecule has 31 heavy (non-hydrogen) atoms. The van der Waals surface area contributed by atoms with Gasteiger partial charge >= 0.3 is 12.1 Å². The summed E-state index contributed by atoms with van der Waals surface area (Å²) >= 11 is 0. The second kappa shape index (κ2) is 9.98. The van der Waals surface area contributed by atoms with Gasteiger partial charge in [-0.3, -0.25) is 9.52 Å². The maximum atomic E-state index is 12.7. The highest BCUT2D eigenvalue weighted by Crippen LogP contribution is 2.31. The molecule has 0 heterocycles. The zero-order chi connectivity index (χ0) is 23.1. The molecule has 0 bridgehead atoms. The van der Waals surface area contributed by atoms with Crippen LogP contribution in [0.25, 0.3) is 0 Å². The number of carbonyl (C=O) groups is 2. The zero-order valence-corrected chi connectivity index (χ0v) is 17.8. The largest absolute Gasteiger partial charge is 0.481 e. The van der Waals surface area contributed by atoms with E-state index in [4.69, 9.17) is 10.5 Å². The normalized spacial score (nSPS) is 12.9. The molecule has 10 heteroatoms. The van der Waals surface area contributed by atoms with Gasteiger partial charge in [-0.05, 0) is 42.3 Å². The fourth-order valence-corrected chi connectivity index (χ4v) is 4.14. The molecule has 166 valence electrons. The van der Waals surface area contributed by atoms with Gasteiger partial charge in [0, 0.05) is 11.4 Å². The van der Waals surface area contributed by atoms with Gasteiger partial charge in [-0.2, -0.15) is 0 Å². The Kier molecular flexibility index (Phi) is 7.65. The van der Waals surface area contributed by atoms with Crippen LogP contribution in [-0.4, -0.2) is 32.2 Å². The monoisotopic (exact) mass is 447 g/mol. The lowest BCUT2D eigenvalue weighted by Crippen LogP contribution is -2.47. The van der Waals surface area contributed by atoms with Crippen LogP contribution >= 0.6 is 0 Å². The number of carboxylic acid groups (broad SMARTS) is 1. The number of nitrogens with two attached hydrogens (primary N) is 1. The van der Waals surface area contributed by atoms with Crippen molar-refractivity contribution in [2.75, 3.05) is 17.1 Å². The quantitative estimate of drug-likeness (QED) is 0.323.